The molecule has 3 rings (SSSR count). The number of carbonyl (C=O) groups excluding carboxylic acids is 2. The zero-order valence-electron chi connectivity index (χ0n) is 15.0. The molecule has 2 aromatic heterocycles. The van der Waals surface area contributed by atoms with Crippen molar-refractivity contribution in [3.8, 4) is 0 Å². The summed E-state index contributed by atoms with van der Waals surface area (Å²) in [6.07, 6.45) is 3.47. The molecule has 2 amide bonds. The number of aryl methyl sites for hydroxylation is 1. The van der Waals surface area contributed by atoms with E-state index in [1.54, 1.807) is 34.6 Å². The number of fused-ring (bicyclic) bond motifs is 1. The van der Waals surface area contributed by atoms with Crippen LogP contribution in [0.25, 0.3) is 5.65 Å². The second-order valence-electron chi connectivity index (χ2n) is 6.27. The number of imidazole rings is 1. The summed E-state index contributed by atoms with van der Waals surface area (Å²) < 4.78 is 6.76. The Hall–Kier alpha value is -2.28. The number of ether oxygens (including phenoxy) is 1. The normalized spacial score (nSPS) is 15.3. The fraction of sp³-hybridized carbons (Fsp3) is 0.500. The molecule has 8 heteroatoms. The zero-order chi connectivity index (χ0) is 18.7. The van der Waals surface area contributed by atoms with Crippen LogP contribution in [0.5, 0.6) is 0 Å². The summed E-state index contributed by atoms with van der Waals surface area (Å²) in [7, 11) is 0. The Bertz CT molecular complexity index is 812. The van der Waals surface area contributed by atoms with Gasteiger partial charge in [0, 0.05) is 25.3 Å². The van der Waals surface area contributed by atoms with Crippen molar-refractivity contribution in [2.75, 3.05) is 19.7 Å². The molecule has 26 heavy (non-hydrogen) atoms. The van der Waals surface area contributed by atoms with Gasteiger partial charge in [-0.15, -0.1) is 0 Å². The Balaban J connectivity index is 1.70. The fourth-order valence-electron chi connectivity index (χ4n) is 3.23. The lowest BCUT2D eigenvalue weighted by molar-refractivity contribution is 0.0855. The summed E-state index contributed by atoms with van der Waals surface area (Å²) in [4.78, 5) is 30.8. The van der Waals surface area contributed by atoms with Crippen LogP contribution in [-0.4, -0.2) is 52.0 Å². The number of pyridine rings is 1. The molecule has 0 bridgehead atoms. The van der Waals surface area contributed by atoms with Crippen LogP contribution in [0.1, 0.15) is 42.9 Å². The monoisotopic (exact) mass is 378 g/mol. The predicted molar refractivity (Wildman–Crippen MR) is 98.7 cm³/mol. The number of hydrogen-bond acceptors (Lipinski definition) is 4. The largest absolute Gasteiger partial charge is 0.450 e. The van der Waals surface area contributed by atoms with Crippen LogP contribution in [0.15, 0.2) is 18.3 Å². The van der Waals surface area contributed by atoms with Crippen molar-refractivity contribution in [1.29, 1.82) is 0 Å². The van der Waals surface area contributed by atoms with Crippen LogP contribution >= 0.6 is 11.6 Å². The number of hydrogen-bond donors (Lipinski definition) is 1. The highest BCUT2D eigenvalue weighted by molar-refractivity contribution is 6.30. The molecule has 0 atom stereocenters. The molecule has 0 unspecified atom stereocenters. The molecule has 140 valence electrons. The number of likely N-dealkylation sites (tertiary alicyclic amines) is 1. The van der Waals surface area contributed by atoms with E-state index < -0.39 is 0 Å². The molecule has 1 aliphatic heterocycles. The Labute approximate surface area is 157 Å². The van der Waals surface area contributed by atoms with Crippen molar-refractivity contribution < 1.29 is 14.3 Å². The second kappa shape index (κ2) is 7.95. The first-order chi connectivity index (χ1) is 12.5. The van der Waals surface area contributed by atoms with Gasteiger partial charge in [0.25, 0.3) is 5.91 Å². The highest BCUT2D eigenvalue weighted by Crippen LogP contribution is 2.19. The molecule has 7 nitrogen and oxygen atoms in total. The van der Waals surface area contributed by atoms with Gasteiger partial charge in [0.1, 0.15) is 11.3 Å². The summed E-state index contributed by atoms with van der Waals surface area (Å²) >= 11 is 6.08. The third kappa shape index (κ3) is 3.77. The number of nitrogens with zero attached hydrogens (tertiary/aromatic N) is 3. The van der Waals surface area contributed by atoms with Crippen LogP contribution in [0.3, 0.4) is 0 Å². The number of nitrogens with one attached hydrogen (secondary N) is 1. The Kier molecular flexibility index (Phi) is 5.66. The lowest BCUT2D eigenvalue weighted by Gasteiger charge is -2.31. The quantitative estimate of drug-likeness (QED) is 0.887. The van der Waals surface area contributed by atoms with E-state index in [2.05, 4.69) is 10.3 Å². The molecule has 2 aromatic rings. The van der Waals surface area contributed by atoms with Gasteiger partial charge in [-0.2, -0.15) is 0 Å². The van der Waals surface area contributed by atoms with Crippen molar-refractivity contribution in [3.63, 3.8) is 0 Å². The van der Waals surface area contributed by atoms with Gasteiger partial charge in [-0.3, -0.25) is 9.20 Å². The van der Waals surface area contributed by atoms with Crippen molar-refractivity contribution in [2.45, 2.75) is 39.2 Å². The summed E-state index contributed by atoms with van der Waals surface area (Å²) in [5.74, 6) is -0.161. The van der Waals surface area contributed by atoms with E-state index in [1.807, 2.05) is 6.92 Å². The summed E-state index contributed by atoms with van der Waals surface area (Å²) in [6.45, 7) is 5.27. The molecule has 1 aliphatic rings. The molecular formula is C18H23ClN4O3. The topological polar surface area (TPSA) is 75.9 Å². The van der Waals surface area contributed by atoms with Crippen LogP contribution in [0.2, 0.25) is 5.02 Å². The molecule has 0 spiro atoms. The highest BCUT2D eigenvalue weighted by Gasteiger charge is 2.26. The van der Waals surface area contributed by atoms with E-state index in [0.717, 1.165) is 5.69 Å². The minimum Gasteiger partial charge on any atom is -0.450 e. The smallest absolute Gasteiger partial charge is 0.409 e. The van der Waals surface area contributed by atoms with Crippen molar-refractivity contribution in [1.82, 2.24) is 19.6 Å². The van der Waals surface area contributed by atoms with E-state index in [-0.39, 0.29) is 18.0 Å². The third-order valence-corrected chi connectivity index (χ3v) is 4.78. The number of amides is 2. The van der Waals surface area contributed by atoms with Crippen LogP contribution in [-0.2, 0) is 11.2 Å². The molecule has 0 aliphatic carbocycles. The molecule has 1 saturated heterocycles. The Morgan fingerprint density at radius 1 is 1.31 bits per heavy atom. The van der Waals surface area contributed by atoms with Crippen LogP contribution < -0.4 is 5.32 Å². The number of halogens is 1. The van der Waals surface area contributed by atoms with Gasteiger partial charge in [0.05, 0.1) is 17.3 Å². The second-order valence-corrected chi connectivity index (χ2v) is 6.71. The maximum absolute atomic E-state index is 12.9. The van der Waals surface area contributed by atoms with Gasteiger partial charge in [-0.25, -0.2) is 9.78 Å². The van der Waals surface area contributed by atoms with Gasteiger partial charge < -0.3 is 15.0 Å². The van der Waals surface area contributed by atoms with Gasteiger partial charge >= 0.3 is 6.09 Å². The lowest BCUT2D eigenvalue weighted by atomic mass is 10.1. The standard InChI is InChI=1S/C18H23ClN4O3/c1-3-14-16(23-11-12(19)5-6-15(23)21-14)17(24)20-13-7-9-22(10-8-13)18(25)26-4-2/h5-6,11,13H,3-4,7-10H2,1-2H3,(H,20,24). The number of carbonyl (C=O) groups is 2. The minimum atomic E-state index is -0.290. The van der Waals surface area contributed by atoms with E-state index in [9.17, 15) is 9.59 Å². The summed E-state index contributed by atoms with van der Waals surface area (Å²) in [5, 5.41) is 3.63. The number of aromatic nitrogens is 2. The molecule has 0 saturated carbocycles. The molecule has 1 fully saturated rings. The van der Waals surface area contributed by atoms with Crippen molar-refractivity contribution >= 4 is 29.2 Å². The van der Waals surface area contributed by atoms with Crippen LogP contribution in [0, 0.1) is 0 Å². The first kappa shape index (κ1) is 18.5. The Morgan fingerprint density at radius 2 is 2.04 bits per heavy atom. The van der Waals surface area contributed by atoms with E-state index >= 15 is 0 Å². The molecule has 0 aromatic carbocycles. The maximum Gasteiger partial charge on any atom is 0.409 e. The maximum atomic E-state index is 12.9. The number of piperidine rings is 1. The third-order valence-electron chi connectivity index (χ3n) is 4.56. The molecule has 1 N–H and O–H groups in total. The minimum absolute atomic E-state index is 0.0163. The first-order valence-electron chi connectivity index (χ1n) is 8.92. The van der Waals surface area contributed by atoms with Crippen LogP contribution in [0.4, 0.5) is 4.79 Å². The van der Waals surface area contributed by atoms with Gasteiger partial charge in [-0.05, 0) is 38.3 Å². The number of rotatable bonds is 4. The van der Waals surface area contributed by atoms with Crippen molar-refractivity contribution in [2.24, 2.45) is 0 Å². The molecule has 0 radical (unpaired) electrons. The SMILES string of the molecule is CCOC(=O)N1CCC(NC(=O)c2c(CC)nc3ccc(Cl)cn23)CC1. The molecular weight excluding hydrogens is 356 g/mol. The Morgan fingerprint density at radius 3 is 2.69 bits per heavy atom. The average Bonchev–Trinajstić information content (AvgIpc) is 3.00. The van der Waals surface area contributed by atoms with Crippen molar-refractivity contribution in [3.05, 3.63) is 34.7 Å². The lowest BCUT2D eigenvalue weighted by Crippen LogP contribution is -2.47. The molecule has 3 heterocycles. The van der Waals surface area contributed by atoms with E-state index in [4.69, 9.17) is 16.3 Å². The van der Waals surface area contributed by atoms with E-state index in [0.29, 0.717) is 55.3 Å². The first-order valence-corrected chi connectivity index (χ1v) is 9.30. The van der Waals surface area contributed by atoms with Gasteiger partial charge in [-0.1, -0.05) is 18.5 Å². The van der Waals surface area contributed by atoms with E-state index in [1.165, 1.54) is 0 Å². The predicted octanol–water partition coefficient (Wildman–Crippen LogP) is 2.90. The average molecular weight is 379 g/mol. The highest BCUT2D eigenvalue weighted by atomic mass is 35.5. The van der Waals surface area contributed by atoms with Gasteiger partial charge in [0.15, 0.2) is 0 Å². The summed E-state index contributed by atoms with van der Waals surface area (Å²) in [6, 6.07) is 3.58. The van der Waals surface area contributed by atoms with Gasteiger partial charge in [0.2, 0.25) is 0 Å². The fourth-order valence-corrected chi connectivity index (χ4v) is 3.39. The summed E-state index contributed by atoms with van der Waals surface area (Å²) in [5.41, 5.74) is 1.97. The zero-order valence-corrected chi connectivity index (χ0v) is 15.8.